The standard InChI is InChI=1S/C28H26FN3O3/c1-31-17-21(18-9-5-8-14-24(18)31)26-25(27(33)30-23-13-7-6-12-22(23)29)19-10-3-4-11-20(19)28(34)32(26)15-16-35-2/h3-14,17,25-26H,15-16H2,1-2H3,(H,30,33)/t25-,26-/m1/s1. The van der Waals surface area contributed by atoms with Gasteiger partial charge >= 0.3 is 0 Å². The van der Waals surface area contributed by atoms with Crippen LogP contribution in [0.25, 0.3) is 10.9 Å². The second kappa shape index (κ2) is 9.35. The number of carbonyl (C=O) groups excluding carboxylic acids is 2. The zero-order chi connectivity index (χ0) is 24.5. The van der Waals surface area contributed by atoms with Crippen LogP contribution in [0.15, 0.2) is 79.0 Å². The third kappa shape index (κ3) is 3.98. The highest BCUT2D eigenvalue weighted by molar-refractivity contribution is 6.05. The lowest BCUT2D eigenvalue weighted by atomic mass is 9.79. The smallest absolute Gasteiger partial charge is 0.254 e. The van der Waals surface area contributed by atoms with Crippen molar-refractivity contribution < 1.29 is 18.7 Å². The molecule has 0 spiro atoms. The molecule has 1 aromatic heterocycles. The molecule has 0 saturated carbocycles. The lowest BCUT2D eigenvalue weighted by Crippen LogP contribution is -2.47. The molecule has 0 aliphatic carbocycles. The minimum Gasteiger partial charge on any atom is -0.383 e. The van der Waals surface area contributed by atoms with E-state index in [0.29, 0.717) is 24.3 Å². The zero-order valence-electron chi connectivity index (χ0n) is 19.6. The van der Waals surface area contributed by atoms with Crippen LogP contribution in [0.5, 0.6) is 0 Å². The monoisotopic (exact) mass is 471 g/mol. The van der Waals surface area contributed by atoms with E-state index >= 15 is 0 Å². The number of para-hydroxylation sites is 2. The zero-order valence-corrected chi connectivity index (χ0v) is 19.6. The molecule has 4 aromatic rings. The SMILES string of the molecule is COCCN1C(=O)c2ccccc2[C@@H](C(=O)Nc2ccccc2F)[C@H]1c1cn(C)c2ccccc12. The van der Waals surface area contributed by atoms with Gasteiger partial charge in [0.2, 0.25) is 5.91 Å². The van der Waals surface area contributed by atoms with Gasteiger partial charge in [0.1, 0.15) is 5.82 Å². The van der Waals surface area contributed by atoms with E-state index in [1.165, 1.54) is 12.1 Å². The lowest BCUT2D eigenvalue weighted by molar-refractivity contribution is -0.119. The highest BCUT2D eigenvalue weighted by atomic mass is 19.1. The van der Waals surface area contributed by atoms with Gasteiger partial charge in [0.25, 0.3) is 5.91 Å². The number of ether oxygens (including phenoxy) is 1. The molecule has 2 heterocycles. The van der Waals surface area contributed by atoms with Gasteiger partial charge in [0.05, 0.1) is 24.3 Å². The number of fused-ring (bicyclic) bond motifs is 2. The van der Waals surface area contributed by atoms with Crippen LogP contribution in [-0.4, -0.2) is 41.5 Å². The van der Waals surface area contributed by atoms with Crippen molar-refractivity contribution in [3.8, 4) is 0 Å². The van der Waals surface area contributed by atoms with E-state index in [4.69, 9.17) is 4.74 Å². The Morgan fingerprint density at radius 3 is 2.51 bits per heavy atom. The predicted molar refractivity (Wildman–Crippen MR) is 133 cm³/mol. The first-order chi connectivity index (χ1) is 17.0. The first-order valence-corrected chi connectivity index (χ1v) is 11.5. The van der Waals surface area contributed by atoms with Crippen molar-refractivity contribution in [2.24, 2.45) is 7.05 Å². The van der Waals surface area contributed by atoms with Crippen molar-refractivity contribution in [1.29, 1.82) is 0 Å². The molecule has 0 unspecified atom stereocenters. The first kappa shape index (κ1) is 22.8. The summed E-state index contributed by atoms with van der Waals surface area (Å²) in [5, 5.41) is 3.73. The third-order valence-corrected chi connectivity index (χ3v) is 6.64. The molecule has 3 aromatic carbocycles. The summed E-state index contributed by atoms with van der Waals surface area (Å²) < 4.78 is 21.8. The molecule has 1 aliphatic rings. The van der Waals surface area contributed by atoms with Gasteiger partial charge in [-0.25, -0.2) is 4.39 Å². The number of methoxy groups -OCH3 is 1. The van der Waals surface area contributed by atoms with Gasteiger partial charge < -0.3 is 19.5 Å². The summed E-state index contributed by atoms with van der Waals surface area (Å²) in [5.41, 5.74) is 3.04. The fraction of sp³-hybridized carbons (Fsp3) is 0.214. The van der Waals surface area contributed by atoms with Crippen molar-refractivity contribution in [2.45, 2.75) is 12.0 Å². The van der Waals surface area contributed by atoms with Gasteiger partial charge in [-0.1, -0.05) is 48.5 Å². The molecular weight excluding hydrogens is 445 g/mol. The minimum atomic E-state index is -0.758. The van der Waals surface area contributed by atoms with Gasteiger partial charge in [-0.15, -0.1) is 0 Å². The maximum absolute atomic E-state index is 14.5. The number of hydrogen-bond donors (Lipinski definition) is 1. The van der Waals surface area contributed by atoms with Crippen LogP contribution in [0.4, 0.5) is 10.1 Å². The molecule has 0 fully saturated rings. The number of aryl methyl sites for hydroxylation is 1. The topological polar surface area (TPSA) is 63.6 Å². The highest BCUT2D eigenvalue weighted by Gasteiger charge is 2.45. The van der Waals surface area contributed by atoms with Crippen molar-refractivity contribution >= 4 is 28.4 Å². The maximum atomic E-state index is 14.5. The molecular formula is C28H26FN3O3. The van der Waals surface area contributed by atoms with E-state index < -0.39 is 17.8 Å². The van der Waals surface area contributed by atoms with Crippen molar-refractivity contribution in [2.75, 3.05) is 25.6 Å². The van der Waals surface area contributed by atoms with Crippen LogP contribution in [0, 0.1) is 5.82 Å². The Balaban J connectivity index is 1.71. The van der Waals surface area contributed by atoms with E-state index in [9.17, 15) is 14.0 Å². The summed E-state index contributed by atoms with van der Waals surface area (Å²) in [4.78, 5) is 29.3. The van der Waals surface area contributed by atoms with E-state index in [2.05, 4.69) is 5.32 Å². The Kier molecular flexibility index (Phi) is 6.09. The van der Waals surface area contributed by atoms with Crippen LogP contribution < -0.4 is 5.32 Å². The Morgan fingerprint density at radius 1 is 1.00 bits per heavy atom. The summed E-state index contributed by atoms with van der Waals surface area (Å²) >= 11 is 0. The number of carbonyl (C=O) groups is 2. The van der Waals surface area contributed by atoms with Gasteiger partial charge in [-0.3, -0.25) is 9.59 Å². The second-order valence-corrected chi connectivity index (χ2v) is 8.68. The van der Waals surface area contributed by atoms with Crippen LogP contribution in [0.3, 0.4) is 0 Å². The van der Waals surface area contributed by atoms with Crippen LogP contribution >= 0.6 is 0 Å². The predicted octanol–water partition coefficient (Wildman–Crippen LogP) is 4.88. The van der Waals surface area contributed by atoms with Crippen molar-refractivity contribution in [3.05, 3.63) is 102 Å². The fourth-order valence-corrected chi connectivity index (χ4v) is 5.04. The maximum Gasteiger partial charge on any atom is 0.254 e. The summed E-state index contributed by atoms with van der Waals surface area (Å²) in [5.74, 6) is -1.81. The molecule has 2 amide bonds. The summed E-state index contributed by atoms with van der Waals surface area (Å²) in [6.45, 7) is 0.623. The summed E-state index contributed by atoms with van der Waals surface area (Å²) in [6, 6.07) is 20.5. The molecule has 178 valence electrons. The number of amides is 2. The van der Waals surface area contributed by atoms with E-state index in [1.807, 2.05) is 54.2 Å². The van der Waals surface area contributed by atoms with Gasteiger partial charge in [0, 0.05) is 48.9 Å². The highest BCUT2D eigenvalue weighted by Crippen LogP contribution is 2.45. The first-order valence-electron chi connectivity index (χ1n) is 11.5. The van der Waals surface area contributed by atoms with E-state index in [-0.39, 0.29) is 17.5 Å². The van der Waals surface area contributed by atoms with Crippen LogP contribution in [0.1, 0.15) is 33.4 Å². The normalized spacial score (nSPS) is 17.5. The number of anilines is 1. The largest absolute Gasteiger partial charge is 0.383 e. The molecule has 0 bridgehead atoms. The third-order valence-electron chi connectivity index (χ3n) is 6.64. The van der Waals surface area contributed by atoms with E-state index in [0.717, 1.165) is 16.5 Å². The Morgan fingerprint density at radius 2 is 1.71 bits per heavy atom. The number of nitrogens with one attached hydrogen (secondary N) is 1. The van der Waals surface area contributed by atoms with Crippen molar-refractivity contribution in [1.82, 2.24) is 9.47 Å². The van der Waals surface area contributed by atoms with Gasteiger partial charge in [0.15, 0.2) is 0 Å². The number of halogens is 1. The quantitative estimate of drug-likeness (QED) is 0.436. The average Bonchev–Trinajstić information content (AvgIpc) is 3.21. The minimum absolute atomic E-state index is 0.104. The molecule has 0 saturated heterocycles. The average molecular weight is 472 g/mol. The van der Waals surface area contributed by atoms with Gasteiger partial charge in [-0.2, -0.15) is 0 Å². The summed E-state index contributed by atoms with van der Waals surface area (Å²) in [6.07, 6.45) is 1.97. The van der Waals surface area contributed by atoms with Crippen LogP contribution in [-0.2, 0) is 16.6 Å². The number of rotatable bonds is 6. The molecule has 1 N–H and O–H groups in total. The lowest BCUT2D eigenvalue weighted by Gasteiger charge is -2.41. The summed E-state index contributed by atoms with van der Waals surface area (Å²) in [7, 11) is 3.52. The number of aromatic nitrogens is 1. The fourth-order valence-electron chi connectivity index (χ4n) is 5.04. The number of hydrogen-bond acceptors (Lipinski definition) is 3. The van der Waals surface area contributed by atoms with Crippen molar-refractivity contribution in [3.63, 3.8) is 0 Å². The Bertz CT molecular complexity index is 1410. The molecule has 0 radical (unpaired) electrons. The molecule has 35 heavy (non-hydrogen) atoms. The molecule has 7 heteroatoms. The second-order valence-electron chi connectivity index (χ2n) is 8.68. The Hall–Kier alpha value is -3.97. The Labute approximate surface area is 202 Å². The molecule has 1 aliphatic heterocycles. The van der Waals surface area contributed by atoms with Gasteiger partial charge in [-0.05, 0) is 29.8 Å². The number of nitrogens with zero attached hydrogens (tertiary/aromatic N) is 2. The number of benzene rings is 3. The van der Waals surface area contributed by atoms with Crippen LogP contribution in [0.2, 0.25) is 0 Å². The molecule has 2 atom stereocenters. The van der Waals surface area contributed by atoms with E-state index in [1.54, 1.807) is 36.3 Å². The molecule has 6 nitrogen and oxygen atoms in total. The molecule has 5 rings (SSSR count).